The molecular weight excluding hydrogens is 316 g/mol. The molecule has 0 saturated carbocycles. The Kier molecular flexibility index (Phi) is 4.72. The minimum atomic E-state index is 0.236. The van der Waals surface area contributed by atoms with Crippen LogP contribution in [0.5, 0.6) is 0 Å². The van der Waals surface area contributed by atoms with Crippen molar-refractivity contribution in [3.05, 3.63) is 24.3 Å². The molecule has 25 heavy (non-hydrogen) atoms. The number of piperidine rings is 1. The summed E-state index contributed by atoms with van der Waals surface area (Å²) in [5.41, 5.74) is 1.89. The van der Waals surface area contributed by atoms with Gasteiger partial charge in [-0.15, -0.1) is 0 Å². The van der Waals surface area contributed by atoms with E-state index < -0.39 is 0 Å². The second-order valence-corrected chi connectivity index (χ2v) is 6.95. The maximum absolute atomic E-state index is 5.70. The van der Waals surface area contributed by atoms with Crippen LogP contribution < -0.4 is 9.80 Å². The molecule has 0 aliphatic carbocycles. The van der Waals surface area contributed by atoms with E-state index >= 15 is 0 Å². The minimum Gasteiger partial charge on any atom is -0.379 e. The highest BCUT2D eigenvalue weighted by atomic mass is 16.5. The molecule has 0 amide bonds. The average molecular weight is 342 g/mol. The van der Waals surface area contributed by atoms with Gasteiger partial charge in [0.25, 0.3) is 0 Å². The number of morpholine rings is 1. The zero-order chi connectivity index (χ0) is 17.2. The monoisotopic (exact) mass is 342 g/mol. The number of rotatable bonds is 3. The molecule has 6 heteroatoms. The summed E-state index contributed by atoms with van der Waals surface area (Å²) in [6, 6.07) is 8.11. The predicted octanol–water partition coefficient (Wildman–Crippen LogP) is 2.33. The Morgan fingerprint density at radius 1 is 1.00 bits per heavy atom. The van der Waals surface area contributed by atoms with Crippen LogP contribution in [-0.2, 0) is 9.47 Å². The molecule has 2 unspecified atom stereocenters. The molecule has 2 fully saturated rings. The van der Waals surface area contributed by atoms with Crippen LogP contribution >= 0.6 is 0 Å². The summed E-state index contributed by atoms with van der Waals surface area (Å²) < 4.78 is 11.2. The number of fused-ring (bicyclic) bond motifs is 1. The van der Waals surface area contributed by atoms with Crippen molar-refractivity contribution in [1.82, 2.24) is 9.97 Å². The molecule has 2 saturated heterocycles. The third-order valence-electron chi connectivity index (χ3n) is 5.34. The van der Waals surface area contributed by atoms with Crippen LogP contribution in [0.15, 0.2) is 24.3 Å². The van der Waals surface area contributed by atoms with E-state index in [2.05, 4.69) is 16.7 Å². The van der Waals surface area contributed by atoms with E-state index in [1.54, 1.807) is 7.11 Å². The maximum atomic E-state index is 5.70. The third kappa shape index (κ3) is 3.28. The number of methoxy groups -OCH3 is 1. The number of nitrogens with zero attached hydrogens (tertiary/aromatic N) is 4. The van der Waals surface area contributed by atoms with Crippen molar-refractivity contribution in [2.45, 2.75) is 19.4 Å². The van der Waals surface area contributed by atoms with Gasteiger partial charge in [0, 0.05) is 33.3 Å². The Hall–Kier alpha value is -1.92. The highest BCUT2D eigenvalue weighted by Gasteiger charge is 2.30. The van der Waals surface area contributed by atoms with Crippen LogP contribution in [-0.4, -0.2) is 62.6 Å². The number of hydrogen-bond donors (Lipinski definition) is 0. The standard InChI is InChI=1S/C19H26N4O2/c1-14-7-8-23(13-17(14)24-2)19-18(22-9-11-25-12-10-22)20-15-5-3-4-6-16(15)21-19/h3-6,14,17H,7-13H2,1-2H3. The summed E-state index contributed by atoms with van der Waals surface area (Å²) in [7, 11) is 1.81. The van der Waals surface area contributed by atoms with Gasteiger partial charge in [-0.25, -0.2) is 9.97 Å². The molecule has 6 nitrogen and oxygen atoms in total. The third-order valence-corrected chi connectivity index (χ3v) is 5.34. The summed E-state index contributed by atoms with van der Waals surface area (Å²) in [6.07, 6.45) is 1.34. The number of hydrogen-bond acceptors (Lipinski definition) is 6. The van der Waals surface area contributed by atoms with Gasteiger partial charge in [0.15, 0.2) is 11.6 Å². The first kappa shape index (κ1) is 16.5. The predicted molar refractivity (Wildman–Crippen MR) is 99.4 cm³/mol. The largest absolute Gasteiger partial charge is 0.379 e. The average Bonchev–Trinajstić information content (AvgIpc) is 2.68. The Bertz CT molecular complexity index is 732. The normalized spacial score (nSPS) is 24.7. The molecule has 2 atom stereocenters. The lowest BCUT2D eigenvalue weighted by Crippen LogP contribution is -2.45. The second-order valence-electron chi connectivity index (χ2n) is 6.95. The van der Waals surface area contributed by atoms with Gasteiger partial charge < -0.3 is 19.3 Å². The molecule has 2 aliphatic rings. The Morgan fingerprint density at radius 2 is 1.64 bits per heavy atom. The van der Waals surface area contributed by atoms with E-state index in [0.717, 1.165) is 68.5 Å². The lowest BCUT2D eigenvalue weighted by Gasteiger charge is -2.39. The smallest absolute Gasteiger partial charge is 0.172 e. The molecule has 0 bridgehead atoms. The topological polar surface area (TPSA) is 50.7 Å². The van der Waals surface area contributed by atoms with Crippen LogP contribution in [0.2, 0.25) is 0 Å². The van der Waals surface area contributed by atoms with Crippen molar-refractivity contribution < 1.29 is 9.47 Å². The lowest BCUT2D eigenvalue weighted by atomic mass is 9.96. The van der Waals surface area contributed by atoms with E-state index in [-0.39, 0.29) is 6.10 Å². The molecule has 0 radical (unpaired) electrons. The Morgan fingerprint density at radius 3 is 2.28 bits per heavy atom. The maximum Gasteiger partial charge on any atom is 0.172 e. The molecule has 1 aromatic heterocycles. The zero-order valence-electron chi connectivity index (χ0n) is 15.0. The first-order valence-corrected chi connectivity index (χ1v) is 9.13. The summed E-state index contributed by atoms with van der Waals surface area (Å²) in [5.74, 6) is 2.53. The van der Waals surface area contributed by atoms with Gasteiger partial charge in [0.2, 0.25) is 0 Å². The fourth-order valence-electron chi connectivity index (χ4n) is 3.71. The van der Waals surface area contributed by atoms with Gasteiger partial charge in [0.05, 0.1) is 30.4 Å². The van der Waals surface area contributed by atoms with Crippen molar-refractivity contribution in [2.75, 3.05) is 56.3 Å². The summed E-state index contributed by atoms with van der Waals surface area (Å²) in [6.45, 7) is 7.32. The minimum absolute atomic E-state index is 0.236. The number of benzene rings is 1. The van der Waals surface area contributed by atoms with Crippen molar-refractivity contribution in [3.63, 3.8) is 0 Å². The highest BCUT2D eigenvalue weighted by Crippen LogP contribution is 2.32. The van der Waals surface area contributed by atoms with Crippen molar-refractivity contribution >= 4 is 22.7 Å². The van der Waals surface area contributed by atoms with E-state index in [0.29, 0.717) is 5.92 Å². The fraction of sp³-hybridized carbons (Fsp3) is 0.579. The number of aromatic nitrogens is 2. The molecule has 134 valence electrons. The van der Waals surface area contributed by atoms with E-state index in [1.165, 1.54) is 0 Å². The van der Waals surface area contributed by atoms with E-state index in [9.17, 15) is 0 Å². The van der Waals surface area contributed by atoms with Gasteiger partial charge in [-0.3, -0.25) is 0 Å². The molecule has 0 N–H and O–H groups in total. The summed E-state index contributed by atoms with van der Waals surface area (Å²) in [5, 5.41) is 0. The van der Waals surface area contributed by atoms with Crippen molar-refractivity contribution in [2.24, 2.45) is 5.92 Å². The molecule has 0 spiro atoms. The van der Waals surface area contributed by atoms with Crippen LogP contribution in [0.3, 0.4) is 0 Å². The van der Waals surface area contributed by atoms with Gasteiger partial charge in [-0.05, 0) is 24.5 Å². The van der Waals surface area contributed by atoms with Crippen molar-refractivity contribution in [1.29, 1.82) is 0 Å². The zero-order valence-corrected chi connectivity index (χ0v) is 15.0. The van der Waals surface area contributed by atoms with Crippen molar-refractivity contribution in [3.8, 4) is 0 Å². The van der Waals surface area contributed by atoms with Crippen LogP contribution in [0, 0.1) is 5.92 Å². The molecule has 2 aromatic rings. The van der Waals surface area contributed by atoms with Crippen LogP contribution in [0.4, 0.5) is 11.6 Å². The first-order chi connectivity index (χ1) is 12.3. The lowest BCUT2D eigenvalue weighted by molar-refractivity contribution is 0.0496. The number of ether oxygens (including phenoxy) is 2. The second kappa shape index (κ2) is 7.14. The number of para-hydroxylation sites is 2. The van der Waals surface area contributed by atoms with Crippen LogP contribution in [0.25, 0.3) is 11.0 Å². The highest BCUT2D eigenvalue weighted by molar-refractivity contribution is 5.81. The Balaban J connectivity index is 1.74. The molecule has 2 aliphatic heterocycles. The molecule has 1 aromatic carbocycles. The quantitative estimate of drug-likeness (QED) is 0.853. The van der Waals surface area contributed by atoms with E-state index in [1.807, 2.05) is 24.3 Å². The van der Waals surface area contributed by atoms with Gasteiger partial charge in [-0.1, -0.05) is 19.1 Å². The van der Waals surface area contributed by atoms with Gasteiger partial charge in [0.1, 0.15) is 0 Å². The molecule has 4 rings (SSSR count). The summed E-state index contributed by atoms with van der Waals surface area (Å²) in [4.78, 5) is 14.6. The summed E-state index contributed by atoms with van der Waals surface area (Å²) >= 11 is 0. The number of anilines is 2. The Labute approximate surface area is 148 Å². The molecule has 3 heterocycles. The fourth-order valence-corrected chi connectivity index (χ4v) is 3.71. The van der Waals surface area contributed by atoms with Gasteiger partial charge >= 0.3 is 0 Å². The van der Waals surface area contributed by atoms with E-state index in [4.69, 9.17) is 19.4 Å². The van der Waals surface area contributed by atoms with Gasteiger partial charge in [-0.2, -0.15) is 0 Å². The molecular formula is C19H26N4O2. The first-order valence-electron chi connectivity index (χ1n) is 9.13. The SMILES string of the molecule is COC1CN(c2nc3ccccc3nc2N2CCOCC2)CCC1C. The van der Waals surface area contributed by atoms with Crippen LogP contribution in [0.1, 0.15) is 13.3 Å².